The number of hydrogen-bond donors (Lipinski definition) is 1. The number of rotatable bonds is 5. The largest absolute Gasteiger partial charge is 0.496 e. The molecule has 0 aliphatic rings. The van der Waals surface area contributed by atoms with E-state index >= 15 is 0 Å². The van der Waals surface area contributed by atoms with Crippen molar-refractivity contribution in [2.45, 2.75) is 19.5 Å². The lowest BCUT2D eigenvalue weighted by Gasteiger charge is -2.16. The highest BCUT2D eigenvalue weighted by Gasteiger charge is 2.09. The third-order valence-electron chi connectivity index (χ3n) is 3.27. The lowest BCUT2D eigenvalue weighted by molar-refractivity contribution is 0.411. The predicted molar refractivity (Wildman–Crippen MR) is 87.4 cm³/mol. The van der Waals surface area contributed by atoms with E-state index in [1.165, 1.54) is 6.07 Å². The molecule has 2 aromatic carbocycles. The van der Waals surface area contributed by atoms with E-state index in [2.05, 4.69) is 28.2 Å². The molecule has 5 heteroatoms. The van der Waals surface area contributed by atoms with E-state index in [0.717, 1.165) is 21.3 Å². The van der Waals surface area contributed by atoms with Crippen molar-refractivity contribution in [1.82, 2.24) is 5.32 Å². The first-order chi connectivity index (χ1) is 10.0. The van der Waals surface area contributed by atoms with Crippen LogP contribution in [0.5, 0.6) is 5.75 Å². The highest BCUT2D eigenvalue weighted by molar-refractivity contribution is 9.10. The molecule has 0 aromatic heterocycles. The quantitative estimate of drug-likeness (QED) is 0.788. The Morgan fingerprint density at radius 1 is 1.29 bits per heavy atom. The minimum Gasteiger partial charge on any atom is -0.496 e. The fourth-order valence-electron chi connectivity index (χ4n) is 1.99. The molecule has 0 spiro atoms. The van der Waals surface area contributed by atoms with Crippen LogP contribution in [-0.4, -0.2) is 7.11 Å². The summed E-state index contributed by atoms with van der Waals surface area (Å²) in [6.45, 7) is 2.62. The zero-order valence-electron chi connectivity index (χ0n) is 11.8. The van der Waals surface area contributed by atoms with Crippen LogP contribution in [0.3, 0.4) is 0 Å². The molecule has 0 radical (unpaired) electrons. The number of methoxy groups -OCH3 is 1. The Balaban J connectivity index is 2.02. The summed E-state index contributed by atoms with van der Waals surface area (Å²) in [5.41, 5.74) is 1.98. The van der Waals surface area contributed by atoms with Gasteiger partial charge in [-0.15, -0.1) is 0 Å². The number of benzene rings is 2. The lowest BCUT2D eigenvalue weighted by atomic mass is 10.1. The molecular formula is C16H16BrClFNO. The van der Waals surface area contributed by atoms with E-state index in [4.69, 9.17) is 16.3 Å². The molecule has 1 unspecified atom stereocenters. The van der Waals surface area contributed by atoms with E-state index in [0.29, 0.717) is 6.54 Å². The Morgan fingerprint density at radius 3 is 2.67 bits per heavy atom. The maximum Gasteiger partial charge on any atom is 0.142 e. The van der Waals surface area contributed by atoms with Crippen LogP contribution in [0, 0.1) is 5.82 Å². The van der Waals surface area contributed by atoms with Crippen LogP contribution in [0.1, 0.15) is 24.1 Å². The van der Waals surface area contributed by atoms with E-state index in [-0.39, 0.29) is 11.1 Å². The van der Waals surface area contributed by atoms with Gasteiger partial charge in [0, 0.05) is 12.6 Å². The third-order valence-corrected chi connectivity index (χ3v) is 4.20. The van der Waals surface area contributed by atoms with Crippen LogP contribution in [-0.2, 0) is 6.54 Å². The standard InChI is InChI=1S/C16H16BrClFNO/c1-10(12-4-6-16(21-2)13(17)8-12)20-9-11-3-5-14(18)15(19)7-11/h3-8,10,20H,9H2,1-2H3. The van der Waals surface area contributed by atoms with Gasteiger partial charge in [-0.25, -0.2) is 4.39 Å². The maximum absolute atomic E-state index is 13.4. The number of hydrogen-bond acceptors (Lipinski definition) is 2. The lowest BCUT2D eigenvalue weighted by Crippen LogP contribution is -2.18. The van der Waals surface area contributed by atoms with Gasteiger partial charge in [-0.2, -0.15) is 0 Å². The van der Waals surface area contributed by atoms with E-state index in [1.807, 2.05) is 24.3 Å². The summed E-state index contributed by atoms with van der Waals surface area (Å²) in [6, 6.07) is 10.9. The molecule has 0 aliphatic heterocycles. The molecule has 0 aliphatic carbocycles. The summed E-state index contributed by atoms with van der Waals surface area (Å²) in [7, 11) is 1.64. The van der Waals surface area contributed by atoms with Crippen molar-refractivity contribution in [2.75, 3.05) is 7.11 Å². The van der Waals surface area contributed by atoms with Gasteiger partial charge < -0.3 is 10.1 Å². The highest BCUT2D eigenvalue weighted by atomic mass is 79.9. The molecule has 1 atom stereocenters. The molecule has 112 valence electrons. The molecule has 0 amide bonds. The smallest absolute Gasteiger partial charge is 0.142 e. The monoisotopic (exact) mass is 371 g/mol. The second-order valence-corrected chi connectivity index (χ2v) is 6.01. The second kappa shape index (κ2) is 7.25. The van der Waals surface area contributed by atoms with Gasteiger partial charge in [0.25, 0.3) is 0 Å². The molecule has 0 bridgehead atoms. The van der Waals surface area contributed by atoms with Crippen LogP contribution < -0.4 is 10.1 Å². The van der Waals surface area contributed by atoms with Crippen molar-refractivity contribution in [1.29, 1.82) is 0 Å². The van der Waals surface area contributed by atoms with Crippen LogP contribution in [0.25, 0.3) is 0 Å². The molecule has 0 heterocycles. The van der Waals surface area contributed by atoms with E-state index in [9.17, 15) is 4.39 Å². The molecule has 2 rings (SSSR count). The van der Waals surface area contributed by atoms with Gasteiger partial charge in [-0.05, 0) is 58.2 Å². The van der Waals surface area contributed by atoms with Crippen LogP contribution >= 0.6 is 27.5 Å². The molecule has 0 fully saturated rings. The fourth-order valence-corrected chi connectivity index (χ4v) is 2.67. The van der Waals surface area contributed by atoms with Gasteiger partial charge in [0.2, 0.25) is 0 Å². The Bertz CT molecular complexity index is 636. The zero-order chi connectivity index (χ0) is 15.4. The summed E-state index contributed by atoms with van der Waals surface area (Å²) in [4.78, 5) is 0. The van der Waals surface area contributed by atoms with Crippen molar-refractivity contribution < 1.29 is 9.13 Å². The van der Waals surface area contributed by atoms with Crippen molar-refractivity contribution in [3.8, 4) is 5.75 Å². The SMILES string of the molecule is COc1ccc(C(C)NCc2ccc(Cl)c(F)c2)cc1Br. The number of halogens is 3. The molecule has 0 saturated heterocycles. The minimum absolute atomic E-state index is 0.131. The Morgan fingerprint density at radius 2 is 2.05 bits per heavy atom. The summed E-state index contributed by atoms with van der Waals surface area (Å²) >= 11 is 9.14. The summed E-state index contributed by atoms with van der Waals surface area (Å²) in [5.74, 6) is 0.404. The zero-order valence-corrected chi connectivity index (χ0v) is 14.1. The normalized spacial score (nSPS) is 12.2. The number of ether oxygens (including phenoxy) is 1. The van der Waals surface area contributed by atoms with Gasteiger partial charge >= 0.3 is 0 Å². The first-order valence-corrected chi connectivity index (χ1v) is 7.69. The Labute approximate surface area is 137 Å². The van der Waals surface area contributed by atoms with Gasteiger partial charge in [-0.3, -0.25) is 0 Å². The maximum atomic E-state index is 13.4. The molecular weight excluding hydrogens is 357 g/mol. The molecule has 2 nitrogen and oxygen atoms in total. The third kappa shape index (κ3) is 4.19. The van der Waals surface area contributed by atoms with E-state index in [1.54, 1.807) is 13.2 Å². The fraction of sp³-hybridized carbons (Fsp3) is 0.250. The molecule has 0 saturated carbocycles. The topological polar surface area (TPSA) is 21.3 Å². The van der Waals surface area contributed by atoms with Gasteiger partial charge in [0.1, 0.15) is 11.6 Å². The van der Waals surface area contributed by atoms with Crippen molar-refractivity contribution in [2.24, 2.45) is 0 Å². The Hall–Kier alpha value is -1.10. The average molecular weight is 373 g/mol. The number of nitrogens with one attached hydrogen (secondary N) is 1. The van der Waals surface area contributed by atoms with Crippen LogP contribution in [0.2, 0.25) is 5.02 Å². The highest BCUT2D eigenvalue weighted by Crippen LogP contribution is 2.28. The summed E-state index contributed by atoms with van der Waals surface area (Å²) in [6.07, 6.45) is 0. The van der Waals surface area contributed by atoms with Gasteiger partial charge in [0.15, 0.2) is 0 Å². The van der Waals surface area contributed by atoms with Crippen molar-refractivity contribution in [3.05, 3.63) is 62.8 Å². The first kappa shape index (κ1) is 16.3. The molecule has 1 N–H and O–H groups in total. The second-order valence-electron chi connectivity index (χ2n) is 4.75. The summed E-state index contributed by atoms with van der Waals surface area (Å²) < 4.78 is 19.5. The van der Waals surface area contributed by atoms with E-state index < -0.39 is 5.82 Å². The first-order valence-electron chi connectivity index (χ1n) is 6.52. The van der Waals surface area contributed by atoms with Crippen molar-refractivity contribution in [3.63, 3.8) is 0 Å². The predicted octanol–water partition coefficient (Wildman–Crippen LogP) is 5.10. The van der Waals surface area contributed by atoms with Crippen LogP contribution in [0.4, 0.5) is 4.39 Å². The molecule has 2 aromatic rings. The molecule has 21 heavy (non-hydrogen) atoms. The van der Waals surface area contributed by atoms with Crippen molar-refractivity contribution >= 4 is 27.5 Å². The van der Waals surface area contributed by atoms with Gasteiger partial charge in [-0.1, -0.05) is 23.7 Å². The van der Waals surface area contributed by atoms with Gasteiger partial charge in [0.05, 0.1) is 16.6 Å². The average Bonchev–Trinajstić information content (AvgIpc) is 2.48. The Kier molecular flexibility index (Phi) is 5.62. The van der Waals surface area contributed by atoms with Crippen LogP contribution in [0.15, 0.2) is 40.9 Å². The minimum atomic E-state index is -0.393. The summed E-state index contributed by atoms with van der Waals surface area (Å²) in [5, 5.41) is 3.50.